The molecule has 0 heterocycles. The van der Waals surface area contributed by atoms with Crippen molar-refractivity contribution in [1.82, 2.24) is 0 Å². The lowest BCUT2D eigenvalue weighted by Crippen LogP contribution is -2.01. The van der Waals surface area contributed by atoms with E-state index in [0.717, 1.165) is 10.9 Å². The predicted molar refractivity (Wildman–Crippen MR) is 72.5 cm³/mol. The summed E-state index contributed by atoms with van der Waals surface area (Å²) in [5.74, 6) is -0.324. The van der Waals surface area contributed by atoms with E-state index >= 15 is 0 Å². The zero-order valence-electron chi connectivity index (χ0n) is 10.5. The molecule has 0 fully saturated rings. The van der Waals surface area contributed by atoms with E-state index in [1.54, 1.807) is 6.92 Å². The lowest BCUT2D eigenvalue weighted by molar-refractivity contribution is -0.143. The van der Waals surface area contributed by atoms with Gasteiger partial charge in [-0.3, -0.25) is 0 Å². The van der Waals surface area contributed by atoms with Gasteiger partial charge in [-0.2, -0.15) is 0 Å². The van der Waals surface area contributed by atoms with E-state index in [-0.39, 0.29) is 5.97 Å². The number of rotatable bonds is 3. The molecule has 0 bridgehead atoms. The summed E-state index contributed by atoms with van der Waals surface area (Å²) in [7, 11) is 0. The van der Waals surface area contributed by atoms with Crippen LogP contribution in [0.3, 0.4) is 0 Å². The molecule has 18 heavy (non-hydrogen) atoms. The first-order valence-corrected chi connectivity index (χ1v) is 5.94. The second-order valence-corrected chi connectivity index (χ2v) is 4.06. The van der Waals surface area contributed by atoms with Gasteiger partial charge in [-0.15, -0.1) is 0 Å². The summed E-state index contributed by atoms with van der Waals surface area (Å²) in [6.07, 6.45) is 0.328. The largest absolute Gasteiger partial charge is 0.334 e. The number of fused-ring (bicyclic) bond motifs is 1. The first-order valence-electron chi connectivity index (χ1n) is 5.94. The Morgan fingerprint density at radius 3 is 2.61 bits per heavy atom. The minimum atomic E-state index is -0.324. The molecular formula is C15H15NO2. The number of carbonyl (C=O) groups is 1. The van der Waals surface area contributed by atoms with E-state index in [1.165, 1.54) is 5.39 Å². The minimum Gasteiger partial charge on any atom is -0.318 e. The summed E-state index contributed by atoms with van der Waals surface area (Å²) in [6, 6.07) is 14.1. The fraction of sp³-hybridized carbons (Fsp3) is 0.200. The van der Waals surface area contributed by atoms with Gasteiger partial charge in [0.15, 0.2) is 0 Å². The second-order valence-electron chi connectivity index (χ2n) is 4.06. The number of hydrogen-bond acceptors (Lipinski definition) is 3. The Labute approximate surface area is 106 Å². The zero-order chi connectivity index (χ0) is 13.0. The summed E-state index contributed by atoms with van der Waals surface area (Å²) in [5, 5.41) is 6.16. The Bertz CT molecular complexity index is 602. The van der Waals surface area contributed by atoms with E-state index in [9.17, 15) is 4.79 Å². The third kappa shape index (κ3) is 2.74. The van der Waals surface area contributed by atoms with E-state index in [4.69, 9.17) is 4.84 Å². The summed E-state index contributed by atoms with van der Waals surface area (Å²) in [5.41, 5.74) is 1.65. The molecule has 92 valence electrons. The van der Waals surface area contributed by atoms with Gasteiger partial charge in [0, 0.05) is 6.42 Å². The third-order valence-corrected chi connectivity index (χ3v) is 2.74. The van der Waals surface area contributed by atoms with Crippen LogP contribution < -0.4 is 0 Å². The van der Waals surface area contributed by atoms with E-state index in [0.29, 0.717) is 12.1 Å². The zero-order valence-corrected chi connectivity index (χ0v) is 10.5. The van der Waals surface area contributed by atoms with Crippen LogP contribution in [-0.2, 0) is 9.63 Å². The maximum atomic E-state index is 11.0. The molecule has 2 aromatic rings. The highest BCUT2D eigenvalue weighted by Crippen LogP contribution is 2.16. The highest BCUT2D eigenvalue weighted by Gasteiger charge is 2.02. The second kappa shape index (κ2) is 5.45. The van der Waals surface area contributed by atoms with Crippen molar-refractivity contribution in [2.75, 3.05) is 0 Å². The lowest BCUT2D eigenvalue weighted by Gasteiger charge is -2.03. The molecule has 3 heteroatoms. The minimum absolute atomic E-state index is 0.324. The van der Waals surface area contributed by atoms with Gasteiger partial charge < -0.3 is 4.84 Å². The molecule has 0 aliphatic carbocycles. The molecule has 0 saturated heterocycles. The number of hydrogen-bond donors (Lipinski definition) is 0. The molecule has 0 spiro atoms. The van der Waals surface area contributed by atoms with Crippen LogP contribution in [0.1, 0.15) is 25.8 Å². The van der Waals surface area contributed by atoms with Crippen molar-refractivity contribution in [2.45, 2.75) is 20.3 Å². The Morgan fingerprint density at radius 2 is 1.89 bits per heavy atom. The topological polar surface area (TPSA) is 38.7 Å². The first kappa shape index (κ1) is 12.3. The molecule has 2 rings (SSSR count). The van der Waals surface area contributed by atoms with Gasteiger partial charge >= 0.3 is 5.97 Å². The van der Waals surface area contributed by atoms with Crippen LogP contribution in [0.25, 0.3) is 10.8 Å². The van der Waals surface area contributed by atoms with Crippen LogP contribution in [0.2, 0.25) is 0 Å². The first-order chi connectivity index (χ1) is 8.70. The molecule has 0 radical (unpaired) electrons. The fourth-order valence-electron chi connectivity index (χ4n) is 1.65. The van der Waals surface area contributed by atoms with Crippen LogP contribution in [0.4, 0.5) is 0 Å². The molecule has 2 aromatic carbocycles. The van der Waals surface area contributed by atoms with E-state index in [1.807, 2.05) is 43.3 Å². The Kier molecular flexibility index (Phi) is 3.72. The number of benzene rings is 2. The molecule has 0 amide bonds. The van der Waals surface area contributed by atoms with Crippen LogP contribution in [-0.4, -0.2) is 11.7 Å². The molecule has 0 aliphatic rings. The van der Waals surface area contributed by atoms with Crippen molar-refractivity contribution in [3.05, 3.63) is 48.0 Å². The Hall–Kier alpha value is -2.16. The van der Waals surface area contributed by atoms with Crippen LogP contribution in [0, 0.1) is 0 Å². The number of nitrogens with zero attached hydrogens (tertiary/aromatic N) is 1. The number of oxime groups is 1. The van der Waals surface area contributed by atoms with Gasteiger partial charge in [-0.25, -0.2) is 4.79 Å². The Balaban J connectivity index is 2.27. The summed E-state index contributed by atoms with van der Waals surface area (Å²) < 4.78 is 0. The molecular weight excluding hydrogens is 226 g/mol. The smallest absolute Gasteiger partial charge is 0.318 e. The standard InChI is InChI=1S/C15H15NO2/c1-3-15(17)18-16-11(2)13-9-8-12-6-4-5-7-14(12)10-13/h4-10H,3H2,1-2H3. The van der Waals surface area contributed by atoms with E-state index < -0.39 is 0 Å². The maximum absolute atomic E-state index is 11.0. The van der Waals surface area contributed by atoms with Crippen LogP contribution in [0.5, 0.6) is 0 Å². The third-order valence-electron chi connectivity index (χ3n) is 2.74. The van der Waals surface area contributed by atoms with Crippen molar-refractivity contribution in [3.8, 4) is 0 Å². The van der Waals surface area contributed by atoms with Gasteiger partial charge in [-0.1, -0.05) is 48.5 Å². The van der Waals surface area contributed by atoms with Crippen molar-refractivity contribution < 1.29 is 9.63 Å². The number of carbonyl (C=O) groups excluding carboxylic acids is 1. The van der Waals surface area contributed by atoms with Gasteiger partial charge in [0.2, 0.25) is 0 Å². The van der Waals surface area contributed by atoms with Gasteiger partial charge in [-0.05, 0) is 29.3 Å². The highest BCUT2D eigenvalue weighted by molar-refractivity contribution is 6.01. The molecule has 0 atom stereocenters. The summed E-state index contributed by atoms with van der Waals surface area (Å²) in [4.78, 5) is 15.8. The maximum Gasteiger partial charge on any atom is 0.334 e. The quantitative estimate of drug-likeness (QED) is 0.468. The van der Waals surface area contributed by atoms with Crippen molar-refractivity contribution >= 4 is 22.5 Å². The summed E-state index contributed by atoms with van der Waals surface area (Å²) >= 11 is 0. The molecule has 0 unspecified atom stereocenters. The van der Waals surface area contributed by atoms with Gasteiger partial charge in [0.25, 0.3) is 0 Å². The average Bonchev–Trinajstić information content (AvgIpc) is 2.43. The normalized spacial score (nSPS) is 11.6. The molecule has 0 saturated carbocycles. The average molecular weight is 241 g/mol. The molecule has 0 N–H and O–H groups in total. The highest BCUT2D eigenvalue weighted by atomic mass is 16.7. The van der Waals surface area contributed by atoms with Crippen LogP contribution in [0.15, 0.2) is 47.6 Å². The molecule has 0 aromatic heterocycles. The van der Waals surface area contributed by atoms with Crippen molar-refractivity contribution in [2.24, 2.45) is 5.16 Å². The molecule has 3 nitrogen and oxygen atoms in total. The van der Waals surface area contributed by atoms with Gasteiger partial charge in [0.1, 0.15) is 0 Å². The summed E-state index contributed by atoms with van der Waals surface area (Å²) in [6.45, 7) is 3.57. The molecule has 0 aliphatic heterocycles. The van der Waals surface area contributed by atoms with Crippen molar-refractivity contribution in [1.29, 1.82) is 0 Å². The predicted octanol–water partition coefficient (Wildman–Crippen LogP) is 3.52. The Morgan fingerprint density at radius 1 is 1.17 bits per heavy atom. The lowest BCUT2D eigenvalue weighted by atomic mass is 10.0. The van der Waals surface area contributed by atoms with Crippen molar-refractivity contribution in [3.63, 3.8) is 0 Å². The fourth-order valence-corrected chi connectivity index (χ4v) is 1.65. The SMILES string of the molecule is CCC(=O)ON=C(C)c1ccc2ccccc2c1. The van der Waals surface area contributed by atoms with Gasteiger partial charge in [0.05, 0.1) is 5.71 Å². The van der Waals surface area contributed by atoms with E-state index in [2.05, 4.69) is 11.2 Å². The monoisotopic (exact) mass is 241 g/mol. The van der Waals surface area contributed by atoms with Crippen LogP contribution >= 0.6 is 0 Å².